The molecule has 1 aliphatic rings. The molecular weight excluding hydrogens is 362 g/mol. The molecule has 3 heterocycles. The van der Waals surface area contributed by atoms with Crippen molar-refractivity contribution in [1.82, 2.24) is 19.7 Å². The molecule has 0 aliphatic carbocycles. The van der Waals surface area contributed by atoms with Crippen molar-refractivity contribution in [3.63, 3.8) is 0 Å². The summed E-state index contributed by atoms with van der Waals surface area (Å²) in [4.78, 5) is 32.0. The Morgan fingerprint density at radius 3 is 2.93 bits per heavy atom. The lowest BCUT2D eigenvalue weighted by molar-refractivity contribution is -0.384. The first-order valence-electron chi connectivity index (χ1n) is 8.37. The molecule has 28 heavy (non-hydrogen) atoms. The number of amides is 1. The van der Waals surface area contributed by atoms with Gasteiger partial charge in [-0.1, -0.05) is 12.1 Å². The van der Waals surface area contributed by atoms with E-state index in [0.29, 0.717) is 28.5 Å². The second kappa shape index (κ2) is 6.91. The highest BCUT2D eigenvalue weighted by molar-refractivity contribution is 6.05. The number of hydrogen-bond acceptors (Lipinski definition) is 7. The van der Waals surface area contributed by atoms with Crippen LogP contribution < -0.4 is 10.6 Å². The van der Waals surface area contributed by atoms with Crippen LogP contribution in [-0.2, 0) is 4.79 Å². The van der Waals surface area contributed by atoms with Gasteiger partial charge in [0, 0.05) is 24.0 Å². The Kier molecular flexibility index (Phi) is 4.28. The van der Waals surface area contributed by atoms with Gasteiger partial charge in [0.1, 0.15) is 12.4 Å². The Morgan fingerprint density at radius 1 is 1.32 bits per heavy atom. The van der Waals surface area contributed by atoms with Crippen LogP contribution in [0.5, 0.6) is 0 Å². The number of non-ortho nitro benzene ring substituents is 1. The monoisotopic (exact) mass is 377 g/mol. The second-order valence-electron chi connectivity index (χ2n) is 6.14. The summed E-state index contributed by atoms with van der Waals surface area (Å²) >= 11 is 0. The van der Waals surface area contributed by atoms with Crippen LogP contribution in [0, 0.1) is 10.1 Å². The van der Waals surface area contributed by atoms with Gasteiger partial charge in [0.2, 0.25) is 5.95 Å². The van der Waals surface area contributed by atoms with Crippen LogP contribution in [0.15, 0.2) is 66.4 Å². The molecule has 10 heteroatoms. The first kappa shape index (κ1) is 17.3. The van der Waals surface area contributed by atoms with Crippen LogP contribution in [0.25, 0.3) is 0 Å². The fraction of sp³-hybridized carbons (Fsp3) is 0.111. The zero-order valence-corrected chi connectivity index (χ0v) is 14.7. The Labute approximate surface area is 159 Å². The average Bonchev–Trinajstić information content (AvgIpc) is 3.15. The first-order chi connectivity index (χ1) is 13.5. The van der Waals surface area contributed by atoms with Crippen LogP contribution in [0.2, 0.25) is 0 Å². The van der Waals surface area contributed by atoms with E-state index in [9.17, 15) is 14.9 Å². The summed E-state index contributed by atoms with van der Waals surface area (Å²) in [6.45, 7) is 1.75. The van der Waals surface area contributed by atoms with Crippen LogP contribution in [0.1, 0.15) is 18.5 Å². The minimum Gasteiger partial charge on any atom is -0.328 e. The van der Waals surface area contributed by atoms with Crippen LogP contribution in [0.4, 0.5) is 17.3 Å². The number of nitro groups is 1. The lowest BCUT2D eigenvalue weighted by Gasteiger charge is -2.28. The third kappa shape index (κ3) is 3.07. The first-order valence-corrected chi connectivity index (χ1v) is 8.37. The summed E-state index contributed by atoms with van der Waals surface area (Å²) in [6, 6.07) is 8.90. The second-order valence-corrected chi connectivity index (χ2v) is 6.14. The standard InChI is InChI=1S/C18H15N7O3/c1-11-15(17(26)23-13-5-3-7-19-9-13)16(24-18(22-11)20-10-21-24)12-4-2-6-14(8-12)25(27)28/h2-10,16H,1H3,(H,23,26)(H,20,21,22)/t16-/m1/s1. The molecule has 0 saturated heterocycles. The molecule has 2 N–H and O–H groups in total. The minimum absolute atomic E-state index is 0.0673. The van der Waals surface area contributed by atoms with Crippen molar-refractivity contribution >= 4 is 23.2 Å². The number of nitrogens with one attached hydrogen (secondary N) is 2. The molecule has 140 valence electrons. The number of rotatable bonds is 4. The van der Waals surface area contributed by atoms with Gasteiger partial charge in [0.25, 0.3) is 11.6 Å². The van der Waals surface area contributed by atoms with E-state index in [1.165, 1.54) is 29.3 Å². The molecule has 1 amide bonds. The number of anilines is 2. The minimum atomic E-state index is -0.671. The zero-order valence-electron chi connectivity index (χ0n) is 14.7. The number of benzene rings is 1. The van der Waals surface area contributed by atoms with Gasteiger partial charge >= 0.3 is 0 Å². The topological polar surface area (TPSA) is 128 Å². The molecule has 0 unspecified atom stereocenters. The lowest BCUT2D eigenvalue weighted by Crippen LogP contribution is -2.31. The van der Waals surface area contributed by atoms with Gasteiger partial charge in [0.15, 0.2) is 0 Å². The Morgan fingerprint density at radius 2 is 2.18 bits per heavy atom. The van der Waals surface area contributed by atoms with Gasteiger partial charge in [-0.25, -0.2) is 4.68 Å². The molecular formula is C18H15N7O3. The molecule has 0 fully saturated rings. The number of fused-ring (bicyclic) bond motifs is 1. The van der Waals surface area contributed by atoms with E-state index in [0.717, 1.165) is 0 Å². The van der Waals surface area contributed by atoms with Gasteiger partial charge in [-0.3, -0.25) is 19.9 Å². The molecule has 1 aliphatic heterocycles. The number of nitro benzene ring substituents is 1. The zero-order chi connectivity index (χ0) is 19.7. The summed E-state index contributed by atoms with van der Waals surface area (Å²) in [6.07, 6.45) is 4.51. The molecule has 3 aromatic rings. The maximum absolute atomic E-state index is 13.1. The average molecular weight is 377 g/mol. The van der Waals surface area contributed by atoms with E-state index < -0.39 is 11.0 Å². The number of nitrogens with zero attached hydrogens (tertiary/aromatic N) is 5. The van der Waals surface area contributed by atoms with Gasteiger partial charge in [-0.15, -0.1) is 0 Å². The van der Waals surface area contributed by atoms with Gasteiger partial charge in [0.05, 0.1) is 22.4 Å². The SMILES string of the molecule is CC1=C(C(=O)Nc2cccnc2)[C@@H](c2cccc([N+](=O)[O-])c2)n2ncnc2N1. The maximum Gasteiger partial charge on any atom is 0.269 e. The highest BCUT2D eigenvalue weighted by Gasteiger charge is 2.34. The number of carbonyl (C=O) groups is 1. The molecule has 0 saturated carbocycles. The molecule has 1 aromatic carbocycles. The van der Waals surface area contributed by atoms with Crippen LogP contribution in [-0.4, -0.2) is 30.6 Å². The summed E-state index contributed by atoms with van der Waals surface area (Å²) in [5, 5.41) is 21.3. The van der Waals surface area contributed by atoms with Crippen molar-refractivity contribution in [3.05, 3.63) is 82.1 Å². The highest BCUT2D eigenvalue weighted by atomic mass is 16.6. The van der Waals surface area contributed by atoms with Crippen molar-refractivity contribution in [1.29, 1.82) is 0 Å². The summed E-state index contributed by atoms with van der Waals surface area (Å²) in [5.41, 5.74) is 1.98. The smallest absolute Gasteiger partial charge is 0.269 e. The van der Waals surface area contributed by atoms with Crippen LogP contribution in [0.3, 0.4) is 0 Å². The Hall–Kier alpha value is -4.08. The van der Waals surface area contributed by atoms with Crippen molar-refractivity contribution < 1.29 is 9.72 Å². The summed E-state index contributed by atoms with van der Waals surface area (Å²) in [7, 11) is 0. The summed E-state index contributed by atoms with van der Waals surface area (Å²) in [5.74, 6) is 0.0857. The van der Waals surface area contributed by atoms with E-state index >= 15 is 0 Å². The van der Waals surface area contributed by atoms with Crippen LogP contribution >= 0.6 is 0 Å². The van der Waals surface area contributed by atoms with E-state index in [4.69, 9.17) is 0 Å². The van der Waals surface area contributed by atoms with E-state index in [-0.39, 0.29) is 11.6 Å². The predicted molar refractivity (Wildman–Crippen MR) is 100 cm³/mol. The lowest BCUT2D eigenvalue weighted by atomic mass is 9.94. The number of carbonyl (C=O) groups excluding carboxylic acids is 1. The molecule has 0 bridgehead atoms. The largest absolute Gasteiger partial charge is 0.328 e. The maximum atomic E-state index is 13.1. The number of aromatic nitrogens is 4. The number of hydrogen-bond donors (Lipinski definition) is 2. The molecule has 4 rings (SSSR count). The summed E-state index contributed by atoms with van der Waals surface area (Å²) < 4.78 is 1.53. The Bertz CT molecular complexity index is 1090. The van der Waals surface area contributed by atoms with E-state index in [2.05, 4.69) is 25.7 Å². The van der Waals surface area contributed by atoms with Gasteiger partial charge in [-0.05, 0) is 24.6 Å². The molecule has 10 nitrogen and oxygen atoms in total. The molecule has 2 aromatic heterocycles. The fourth-order valence-electron chi connectivity index (χ4n) is 3.14. The van der Waals surface area contributed by atoms with Crippen molar-refractivity contribution in [3.8, 4) is 0 Å². The quantitative estimate of drug-likeness (QED) is 0.528. The van der Waals surface area contributed by atoms with E-state index in [1.54, 1.807) is 37.4 Å². The van der Waals surface area contributed by atoms with Gasteiger partial charge < -0.3 is 10.6 Å². The molecule has 1 atom stereocenters. The van der Waals surface area contributed by atoms with Gasteiger partial charge in [-0.2, -0.15) is 10.1 Å². The van der Waals surface area contributed by atoms with Crippen molar-refractivity contribution in [2.75, 3.05) is 10.6 Å². The molecule has 0 spiro atoms. The normalized spacial score (nSPS) is 15.5. The van der Waals surface area contributed by atoms with E-state index in [1.807, 2.05) is 0 Å². The third-order valence-electron chi connectivity index (χ3n) is 4.36. The third-order valence-corrected chi connectivity index (χ3v) is 4.36. The van der Waals surface area contributed by atoms with Crippen molar-refractivity contribution in [2.24, 2.45) is 0 Å². The number of pyridine rings is 1. The van der Waals surface area contributed by atoms with Crippen molar-refractivity contribution in [2.45, 2.75) is 13.0 Å². The fourth-order valence-corrected chi connectivity index (χ4v) is 3.14. The predicted octanol–water partition coefficient (Wildman–Crippen LogP) is 2.51. The number of allylic oxidation sites excluding steroid dienone is 1. The molecule has 0 radical (unpaired) electrons. The Balaban J connectivity index is 1.80. The highest BCUT2D eigenvalue weighted by Crippen LogP contribution is 2.36.